The first-order chi connectivity index (χ1) is 7.13. The number of esters is 1. The summed E-state index contributed by atoms with van der Waals surface area (Å²) in [6.07, 6.45) is 0. The number of carbonyl (C=O) groups is 1. The van der Waals surface area contributed by atoms with Crippen molar-refractivity contribution in [1.82, 2.24) is 0 Å². The summed E-state index contributed by atoms with van der Waals surface area (Å²) < 4.78 is 4.53. The minimum atomic E-state index is -0.632. The quantitative estimate of drug-likeness (QED) is 0.687. The van der Waals surface area contributed by atoms with Gasteiger partial charge in [0.05, 0.1) is 18.2 Å². The van der Waals surface area contributed by atoms with Gasteiger partial charge in [0.15, 0.2) is 0 Å². The van der Waals surface area contributed by atoms with Crippen molar-refractivity contribution < 1.29 is 14.6 Å². The zero-order valence-corrected chi connectivity index (χ0v) is 8.15. The van der Waals surface area contributed by atoms with Crippen LogP contribution in [0.15, 0.2) is 12.1 Å². The Morgan fingerprint density at radius 1 is 1.67 bits per heavy atom. The molecule has 0 aliphatic rings. The van der Waals surface area contributed by atoms with Crippen molar-refractivity contribution in [1.29, 1.82) is 5.26 Å². The van der Waals surface area contributed by atoms with Gasteiger partial charge in [-0.1, -0.05) is 0 Å². The molecular weight excluding hydrogens is 196 g/mol. The van der Waals surface area contributed by atoms with Crippen molar-refractivity contribution in [2.24, 2.45) is 5.73 Å². The SMILES string of the molecule is COC(=O)c1c(C#N)cc(O)cc1CN. The molecule has 1 aromatic rings. The van der Waals surface area contributed by atoms with E-state index in [4.69, 9.17) is 11.0 Å². The second kappa shape index (κ2) is 4.44. The molecule has 5 heteroatoms. The molecule has 0 bridgehead atoms. The molecule has 78 valence electrons. The first-order valence-electron chi connectivity index (χ1n) is 4.18. The van der Waals surface area contributed by atoms with E-state index < -0.39 is 5.97 Å². The molecule has 0 saturated carbocycles. The van der Waals surface area contributed by atoms with E-state index in [1.807, 2.05) is 6.07 Å². The van der Waals surface area contributed by atoms with Crippen molar-refractivity contribution >= 4 is 5.97 Å². The lowest BCUT2D eigenvalue weighted by molar-refractivity contribution is 0.0599. The smallest absolute Gasteiger partial charge is 0.339 e. The van der Waals surface area contributed by atoms with Crippen molar-refractivity contribution in [3.8, 4) is 11.8 Å². The third kappa shape index (κ3) is 2.06. The topological polar surface area (TPSA) is 96.3 Å². The molecule has 0 aromatic heterocycles. The largest absolute Gasteiger partial charge is 0.508 e. The minimum absolute atomic E-state index is 0.0491. The molecule has 0 atom stereocenters. The van der Waals surface area contributed by atoms with E-state index in [1.165, 1.54) is 19.2 Å². The molecule has 0 saturated heterocycles. The molecule has 3 N–H and O–H groups in total. The number of nitrogens with zero attached hydrogens (tertiary/aromatic N) is 1. The summed E-state index contributed by atoms with van der Waals surface area (Å²) in [6, 6.07) is 4.35. The van der Waals surface area contributed by atoms with Gasteiger partial charge < -0.3 is 15.6 Å². The maximum Gasteiger partial charge on any atom is 0.339 e. The van der Waals surface area contributed by atoms with Crippen LogP contribution in [0, 0.1) is 11.3 Å². The molecule has 1 aromatic carbocycles. The Morgan fingerprint density at radius 3 is 2.80 bits per heavy atom. The zero-order valence-electron chi connectivity index (χ0n) is 8.15. The number of carbonyl (C=O) groups excluding carboxylic acids is 1. The standard InChI is InChI=1S/C10H10N2O3/c1-15-10(14)9-6(4-11)2-8(13)3-7(9)5-12/h2-3,13H,4,11H2,1H3. The predicted octanol–water partition coefficient (Wildman–Crippen LogP) is 0.509. The maximum atomic E-state index is 11.4. The molecule has 0 aliphatic carbocycles. The van der Waals surface area contributed by atoms with Crippen LogP contribution in [0.2, 0.25) is 0 Å². The van der Waals surface area contributed by atoms with E-state index in [2.05, 4.69) is 4.74 Å². The number of phenolic OH excluding ortho intramolecular Hbond substituents is 1. The lowest BCUT2D eigenvalue weighted by Crippen LogP contribution is -2.11. The lowest BCUT2D eigenvalue weighted by Gasteiger charge is -2.08. The average molecular weight is 206 g/mol. The summed E-state index contributed by atoms with van der Waals surface area (Å²) in [5.41, 5.74) is 5.96. The highest BCUT2D eigenvalue weighted by Crippen LogP contribution is 2.21. The second-order valence-corrected chi connectivity index (χ2v) is 2.83. The van der Waals surface area contributed by atoms with Gasteiger partial charge in [-0.25, -0.2) is 4.79 Å². The molecule has 0 unspecified atom stereocenters. The van der Waals surface area contributed by atoms with E-state index in [0.717, 1.165) is 0 Å². The van der Waals surface area contributed by atoms with Crippen molar-refractivity contribution in [3.05, 3.63) is 28.8 Å². The predicted molar refractivity (Wildman–Crippen MR) is 52.1 cm³/mol. The number of hydrogen-bond acceptors (Lipinski definition) is 5. The van der Waals surface area contributed by atoms with Crippen LogP contribution in [0.5, 0.6) is 5.75 Å². The van der Waals surface area contributed by atoms with E-state index in [9.17, 15) is 9.90 Å². The Kier molecular flexibility index (Phi) is 3.26. The molecule has 15 heavy (non-hydrogen) atoms. The monoisotopic (exact) mass is 206 g/mol. The maximum absolute atomic E-state index is 11.4. The Morgan fingerprint density at radius 2 is 2.33 bits per heavy atom. The highest BCUT2D eigenvalue weighted by Gasteiger charge is 2.17. The van der Waals surface area contributed by atoms with Gasteiger partial charge in [0.25, 0.3) is 0 Å². The molecule has 1 rings (SSSR count). The summed E-state index contributed by atoms with van der Waals surface area (Å²) in [4.78, 5) is 11.4. The molecule has 0 heterocycles. The number of phenols is 1. The summed E-state index contributed by atoms with van der Waals surface area (Å²) in [5, 5.41) is 18.1. The summed E-state index contributed by atoms with van der Waals surface area (Å²) >= 11 is 0. The van der Waals surface area contributed by atoms with Gasteiger partial charge in [0, 0.05) is 6.54 Å². The van der Waals surface area contributed by atoms with E-state index in [-0.39, 0.29) is 23.4 Å². The van der Waals surface area contributed by atoms with Gasteiger partial charge in [-0.15, -0.1) is 0 Å². The first-order valence-corrected chi connectivity index (χ1v) is 4.18. The number of nitrogens with two attached hydrogens (primary N) is 1. The molecule has 0 fully saturated rings. The van der Waals surface area contributed by atoms with Crippen LogP contribution in [-0.4, -0.2) is 18.2 Å². The fourth-order valence-electron chi connectivity index (χ4n) is 1.28. The first kappa shape index (κ1) is 11.0. The van der Waals surface area contributed by atoms with Crippen molar-refractivity contribution in [2.45, 2.75) is 6.54 Å². The van der Waals surface area contributed by atoms with Crippen LogP contribution >= 0.6 is 0 Å². The van der Waals surface area contributed by atoms with Gasteiger partial charge in [0.2, 0.25) is 0 Å². The number of rotatable bonds is 2. The third-order valence-corrected chi connectivity index (χ3v) is 1.93. The lowest BCUT2D eigenvalue weighted by atomic mass is 10.0. The van der Waals surface area contributed by atoms with E-state index in [1.54, 1.807) is 0 Å². The van der Waals surface area contributed by atoms with Crippen LogP contribution in [0.3, 0.4) is 0 Å². The van der Waals surface area contributed by atoms with Gasteiger partial charge in [-0.05, 0) is 17.7 Å². The van der Waals surface area contributed by atoms with Crippen molar-refractivity contribution in [3.63, 3.8) is 0 Å². The zero-order chi connectivity index (χ0) is 11.4. The summed E-state index contributed by atoms with van der Waals surface area (Å²) in [7, 11) is 1.22. The molecule has 5 nitrogen and oxygen atoms in total. The fourth-order valence-corrected chi connectivity index (χ4v) is 1.28. The number of ether oxygens (including phenoxy) is 1. The van der Waals surface area contributed by atoms with Crippen LogP contribution in [0.4, 0.5) is 0 Å². The number of hydrogen-bond donors (Lipinski definition) is 2. The van der Waals surface area contributed by atoms with Crippen LogP contribution in [0.25, 0.3) is 0 Å². The Bertz CT molecular complexity index is 435. The fraction of sp³-hybridized carbons (Fsp3) is 0.200. The Balaban J connectivity index is 3.45. The molecular formula is C10H10N2O3. The number of benzene rings is 1. The second-order valence-electron chi connectivity index (χ2n) is 2.83. The Hall–Kier alpha value is -2.06. The van der Waals surface area contributed by atoms with Crippen LogP contribution in [-0.2, 0) is 11.3 Å². The molecule has 0 amide bonds. The average Bonchev–Trinajstić information content (AvgIpc) is 2.26. The highest BCUT2D eigenvalue weighted by molar-refractivity contribution is 5.94. The summed E-state index contributed by atoms with van der Waals surface area (Å²) in [6.45, 7) is 0.0491. The van der Waals surface area contributed by atoms with E-state index in [0.29, 0.717) is 5.56 Å². The van der Waals surface area contributed by atoms with Crippen molar-refractivity contribution in [2.75, 3.05) is 7.11 Å². The summed E-state index contributed by atoms with van der Waals surface area (Å²) in [5.74, 6) is -0.730. The number of aromatic hydroxyl groups is 1. The molecule has 0 radical (unpaired) electrons. The minimum Gasteiger partial charge on any atom is -0.508 e. The molecule has 0 spiro atoms. The van der Waals surface area contributed by atoms with Gasteiger partial charge in [-0.3, -0.25) is 0 Å². The van der Waals surface area contributed by atoms with Crippen LogP contribution < -0.4 is 5.73 Å². The van der Waals surface area contributed by atoms with E-state index >= 15 is 0 Å². The van der Waals surface area contributed by atoms with Gasteiger partial charge in [-0.2, -0.15) is 5.26 Å². The normalized spacial score (nSPS) is 9.40. The molecule has 0 aliphatic heterocycles. The van der Waals surface area contributed by atoms with Gasteiger partial charge >= 0.3 is 5.97 Å². The highest BCUT2D eigenvalue weighted by atomic mass is 16.5. The number of methoxy groups -OCH3 is 1. The Labute approximate surface area is 86.7 Å². The number of nitriles is 1. The third-order valence-electron chi connectivity index (χ3n) is 1.93. The van der Waals surface area contributed by atoms with Crippen LogP contribution in [0.1, 0.15) is 21.5 Å². The van der Waals surface area contributed by atoms with Gasteiger partial charge in [0.1, 0.15) is 11.8 Å².